The molecule has 239 valence electrons. The molecule has 2 aromatic heterocycles. The predicted molar refractivity (Wildman–Crippen MR) is 193 cm³/mol. The predicted octanol–water partition coefficient (Wildman–Crippen LogP) is 11.9. The molecular formula is C42H38IrNO3-. The second-order valence-electron chi connectivity index (χ2n) is 12.3. The van der Waals surface area contributed by atoms with E-state index in [0.717, 1.165) is 63.9 Å². The summed E-state index contributed by atoms with van der Waals surface area (Å²) in [5.74, 6) is 0.547. The minimum atomic E-state index is 0. The van der Waals surface area contributed by atoms with Gasteiger partial charge in [0.2, 0.25) is 0 Å². The summed E-state index contributed by atoms with van der Waals surface area (Å²) in [7, 11) is 0. The van der Waals surface area contributed by atoms with Crippen molar-refractivity contribution in [1.29, 1.82) is 0 Å². The standard InChI is InChI=1S/C29H14NO.C13H24O2.Ir/c1-2-7-17-15-23-22(14-16(17)6-1)18-9-5-10-20-25(18)27-21(12-13-30-28(23)27)29-26(20)19-8-3-4-11-24(19)31-29;1-5-10(6-2)12(14)9-13(15)11(7-3)8-4;/h1-14H;9-11,14H,5-8H2,1-4H3;/q-1;;/b;12-9-;. The van der Waals surface area contributed by atoms with Crippen LogP contribution in [0.5, 0.6) is 0 Å². The Bertz CT molecular complexity index is 2410. The van der Waals surface area contributed by atoms with Crippen molar-refractivity contribution in [2.24, 2.45) is 11.8 Å². The third-order valence-corrected chi connectivity index (χ3v) is 9.77. The second kappa shape index (κ2) is 13.4. The van der Waals surface area contributed by atoms with Crippen LogP contribution in [0.4, 0.5) is 0 Å². The van der Waals surface area contributed by atoms with Crippen molar-refractivity contribution >= 4 is 81.7 Å². The Balaban J connectivity index is 0.000000209. The summed E-state index contributed by atoms with van der Waals surface area (Å²) in [6.07, 6.45) is 6.81. The van der Waals surface area contributed by atoms with Gasteiger partial charge in [-0.15, -0.1) is 23.6 Å². The molecule has 1 N–H and O–H groups in total. The van der Waals surface area contributed by atoms with Crippen LogP contribution < -0.4 is 0 Å². The molecule has 6 aromatic carbocycles. The maximum Gasteiger partial charge on any atom is 0.162 e. The molecule has 47 heavy (non-hydrogen) atoms. The van der Waals surface area contributed by atoms with Gasteiger partial charge in [0, 0.05) is 65.9 Å². The molecule has 8 rings (SSSR count). The van der Waals surface area contributed by atoms with E-state index in [1.165, 1.54) is 43.8 Å². The summed E-state index contributed by atoms with van der Waals surface area (Å²) in [4.78, 5) is 16.6. The molecule has 0 atom stereocenters. The zero-order valence-electron chi connectivity index (χ0n) is 27.2. The van der Waals surface area contributed by atoms with Crippen molar-refractivity contribution in [3.05, 3.63) is 103 Å². The van der Waals surface area contributed by atoms with Gasteiger partial charge in [0.15, 0.2) is 5.78 Å². The summed E-state index contributed by atoms with van der Waals surface area (Å²) in [6, 6.07) is 31.4. The first kappa shape index (κ1) is 32.6. The quantitative estimate of drug-likeness (QED) is 0.0574. The fraction of sp³-hybridized carbons (Fsp3) is 0.238. The Kier molecular flexibility index (Phi) is 9.32. The van der Waals surface area contributed by atoms with Crippen LogP contribution in [0.3, 0.4) is 0 Å². The molecular weight excluding hydrogens is 759 g/mol. The van der Waals surface area contributed by atoms with E-state index in [4.69, 9.17) is 9.40 Å². The van der Waals surface area contributed by atoms with Crippen LogP contribution in [0.1, 0.15) is 53.4 Å². The van der Waals surface area contributed by atoms with E-state index in [2.05, 4.69) is 72.8 Å². The number of carbonyl (C=O) groups excluding carboxylic acids is 1. The van der Waals surface area contributed by atoms with Crippen molar-refractivity contribution in [3.63, 3.8) is 0 Å². The molecule has 8 aromatic rings. The van der Waals surface area contributed by atoms with Crippen LogP contribution in [-0.2, 0) is 24.9 Å². The Morgan fingerprint density at radius 2 is 1.45 bits per heavy atom. The van der Waals surface area contributed by atoms with Gasteiger partial charge >= 0.3 is 0 Å². The van der Waals surface area contributed by atoms with Gasteiger partial charge in [-0.05, 0) is 59.4 Å². The van der Waals surface area contributed by atoms with E-state index in [1.54, 1.807) is 0 Å². The van der Waals surface area contributed by atoms with Gasteiger partial charge in [0.25, 0.3) is 0 Å². The Morgan fingerprint density at radius 3 is 2.21 bits per heavy atom. The van der Waals surface area contributed by atoms with Gasteiger partial charge < -0.3 is 9.52 Å². The van der Waals surface area contributed by atoms with Crippen molar-refractivity contribution < 1.29 is 34.4 Å². The molecule has 0 aliphatic carbocycles. The average Bonchev–Trinajstić information content (AvgIpc) is 3.49. The first-order valence-corrected chi connectivity index (χ1v) is 16.5. The maximum absolute atomic E-state index is 11.7. The number of aliphatic hydroxyl groups is 1. The number of ketones is 1. The van der Waals surface area contributed by atoms with Crippen LogP contribution in [0.15, 0.2) is 101 Å². The number of carbonyl (C=O) groups is 1. The van der Waals surface area contributed by atoms with Gasteiger partial charge in [-0.1, -0.05) is 98.5 Å². The molecule has 0 aliphatic rings. The van der Waals surface area contributed by atoms with Gasteiger partial charge in [-0.2, -0.15) is 0 Å². The fourth-order valence-electron chi connectivity index (χ4n) is 7.20. The molecule has 0 aliphatic heterocycles. The third kappa shape index (κ3) is 5.46. The van der Waals surface area contributed by atoms with Crippen LogP contribution in [0, 0.1) is 17.9 Å². The topological polar surface area (TPSA) is 63.3 Å². The molecule has 0 saturated heterocycles. The number of allylic oxidation sites excluding steroid dienone is 2. The number of para-hydroxylation sites is 1. The molecule has 0 unspecified atom stereocenters. The van der Waals surface area contributed by atoms with Crippen LogP contribution >= 0.6 is 0 Å². The smallest absolute Gasteiger partial charge is 0.162 e. The number of nitrogens with zero attached hydrogens (tertiary/aromatic N) is 1. The van der Waals surface area contributed by atoms with Gasteiger partial charge in [0.1, 0.15) is 11.2 Å². The average molecular weight is 797 g/mol. The van der Waals surface area contributed by atoms with Crippen LogP contribution in [0.25, 0.3) is 75.9 Å². The molecule has 0 amide bonds. The molecule has 5 heteroatoms. The number of rotatable bonds is 7. The normalized spacial score (nSPS) is 12.3. The number of aliphatic hydroxyl groups excluding tert-OH is 1. The number of hydrogen-bond donors (Lipinski definition) is 1. The first-order chi connectivity index (χ1) is 22.5. The van der Waals surface area contributed by atoms with E-state index in [-0.39, 0.29) is 43.5 Å². The molecule has 0 bridgehead atoms. The maximum atomic E-state index is 11.7. The summed E-state index contributed by atoms with van der Waals surface area (Å²) in [5.41, 5.74) is 2.85. The molecule has 0 spiro atoms. The summed E-state index contributed by atoms with van der Waals surface area (Å²) in [5, 5.41) is 22.7. The number of pyridine rings is 1. The zero-order chi connectivity index (χ0) is 31.9. The molecule has 4 nitrogen and oxygen atoms in total. The van der Waals surface area contributed by atoms with Crippen molar-refractivity contribution in [3.8, 4) is 0 Å². The molecule has 2 heterocycles. The van der Waals surface area contributed by atoms with E-state index in [1.807, 2.05) is 46.0 Å². The number of hydrogen-bond acceptors (Lipinski definition) is 4. The van der Waals surface area contributed by atoms with Crippen LogP contribution in [-0.4, -0.2) is 15.9 Å². The Labute approximate surface area is 288 Å². The van der Waals surface area contributed by atoms with Gasteiger partial charge in [-0.3, -0.25) is 9.78 Å². The number of fused-ring (bicyclic) bond motifs is 9. The summed E-state index contributed by atoms with van der Waals surface area (Å²) >= 11 is 0. The molecule has 1 radical (unpaired) electrons. The minimum Gasteiger partial charge on any atom is -0.512 e. The Morgan fingerprint density at radius 1 is 0.766 bits per heavy atom. The summed E-state index contributed by atoms with van der Waals surface area (Å²) < 4.78 is 6.41. The molecule has 0 saturated carbocycles. The largest absolute Gasteiger partial charge is 0.512 e. The number of benzene rings is 6. The SMILES string of the molecule is CCC(CC)C(=O)/C=C(\O)C(CC)CC.[Ir].[c-]1c2ccccc2cc2c1c1nccc3c4oc5ccccc5c4c4cccc2c4c31. The van der Waals surface area contributed by atoms with Crippen molar-refractivity contribution in [2.75, 3.05) is 0 Å². The second-order valence-corrected chi connectivity index (χ2v) is 12.3. The summed E-state index contributed by atoms with van der Waals surface area (Å²) in [6.45, 7) is 8.07. The molecule has 0 fully saturated rings. The van der Waals surface area contributed by atoms with E-state index >= 15 is 0 Å². The van der Waals surface area contributed by atoms with E-state index in [0.29, 0.717) is 0 Å². The van der Waals surface area contributed by atoms with Gasteiger partial charge in [0.05, 0.1) is 5.76 Å². The van der Waals surface area contributed by atoms with Crippen molar-refractivity contribution in [2.45, 2.75) is 53.4 Å². The minimum absolute atomic E-state index is 0. The monoisotopic (exact) mass is 797 g/mol. The Hall–Kier alpha value is -4.31. The zero-order valence-corrected chi connectivity index (χ0v) is 29.6. The van der Waals surface area contributed by atoms with Gasteiger partial charge in [-0.25, -0.2) is 0 Å². The number of aromatic nitrogens is 1. The number of furan rings is 1. The van der Waals surface area contributed by atoms with E-state index in [9.17, 15) is 9.90 Å². The third-order valence-electron chi connectivity index (χ3n) is 9.77. The van der Waals surface area contributed by atoms with E-state index < -0.39 is 0 Å². The first-order valence-electron chi connectivity index (χ1n) is 16.5. The van der Waals surface area contributed by atoms with Crippen molar-refractivity contribution in [1.82, 2.24) is 4.98 Å². The fourth-order valence-corrected chi connectivity index (χ4v) is 7.20. The van der Waals surface area contributed by atoms with Crippen LogP contribution in [0.2, 0.25) is 0 Å².